The molecule has 0 saturated carbocycles. The van der Waals surface area contributed by atoms with Gasteiger partial charge in [0.2, 0.25) is 0 Å². The third-order valence-corrected chi connectivity index (χ3v) is 13.2. The first-order valence-corrected chi connectivity index (χ1v) is 23.3. The van der Waals surface area contributed by atoms with Crippen molar-refractivity contribution in [1.82, 2.24) is 4.57 Å². The van der Waals surface area contributed by atoms with Crippen molar-refractivity contribution in [2.75, 3.05) is 4.90 Å². The van der Waals surface area contributed by atoms with Gasteiger partial charge in [-0.05, 0) is 116 Å². The molecule has 0 aliphatic carbocycles. The molecule has 12 aromatic rings. The first-order chi connectivity index (χ1) is 33.8. The van der Waals surface area contributed by atoms with Gasteiger partial charge in [0.15, 0.2) is 0 Å². The van der Waals surface area contributed by atoms with Gasteiger partial charge in [0.05, 0.1) is 16.7 Å². The smallest absolute Gasteiger partial charge is 0.0561 e. The van der Waals surface area contributed by atoms with Crippen molar-refractivity contribution in [2.45, 2.75) is 0 Å². The Hall–Kier alpha value is -8.98. The van der Waals surface area contributed by atoms with E-state index >= 15 is 0 Å². The van der Waals surface area contributed by atoms with Crippen LogP contribution in [-0.4, -0.2) is 4.57 Å². The Morgan fingerprint density at radius 3 is 1.19 bits per heavy atom. The lowest BCUT2D eigenvalue weighted by atomic mass is 9.88. The highest BCUT2D eigenvalue weighted by Gasteiger charge is 2.24. The van der Waals surface area contributed by atoms with Gasteiger partial charge in [0.1, 0.15) is 0 Å². The van der Waals surface area contributed by atoms with Crippen molar-refractivity contribution in [2.24, 2.45) is 0 Å². The van der Waals surface area contributed by atoms with Crippen LogP contribution in [0.2, 0.25) is 0 Å². The Morgan fingerprint density at radius 2 is 0.632 bits per heavy atom. The molecule has 0 radical (unpaired) electrons. The Balaban J connectivity index is 1.11. The number of hydrogen-bond donors (Lipinski definition) is 0. The van der Waals surface area contributed by atoms with E-state index < -0.39 is 0 Å². The van der Waals surface area contributed by atoms with E-state index in [0.717, 1.165) is 50.5 Å². The fourth-order valence-electron chi connectivity index (χ4n) is 10.1. The van der Waals surface area contributed by atoms with E-state index in [1.807, 2.05) is 0 Å². The zero-order chi connectivity index (χ0) is 45.2. The van der Waals surface area contributed by atoms with Gasteiger partial charge in [-0.15, -0.1) is 0 Å². The molecule has 0 amide bonds. The second-order valence-electron chi connectivity index (χ2n) is 17.2. The molecule has 2 heteroatoms. The van der Waals surface area contributed by atoms with Gasteiger partial charge in [0.25, 0.3) is 0 Å². The van der Waals surface area contributed by atoms with E-state index in [1.165, 1.54) is 60.8 Å². The van der Waals surface area contributed by atoms with Crippen LogP contribution in [0.15, 0.2) is 279 Å². The quantitative estimate of drug-likeness (QED) is 0.133. The molecule has 0 aliphatic heterocycles. The molecule has 0 bridgehead atoms. The van der Waals surface area contributed by atoms with E-state index in [4.69, 9.17) is 0 Å². The molecule has 320 valence electrons. The highest BCUT2D eigenvalue weighted by Crippen LogP contribution is 2.48. The number of benzene rings is 11. The molecule has 0 atom stereocenters. The number of fused-ring (bicyclic) bond motifs is 3. The lowest BCUT2D eigenvalue weighted by Gasteiger charge is -2.30. The standard InChI is InChI=1S/C66H46N2/c1-6-22-47(23-7-1)55-32-16-18-34-57(55)58-35-19-17-33-56(58)51-38-40-53(41-39-51)67(54-42-43-60-59-36-20-21-37-64(59)68(65(60)44-54)52-30-14-5-15-31-52)66-46-62(49-26-10-3-11-27-49)61(48-24-8-2-9-25-48)45-63(66)50-28-12-4-13-29-50/h1-46H. The van der Waals surface area contributed by atoms with Crippen LogP contribution >= 0.6 is 0 Å². The van der Waals surface area contributed by atoms with Crippen molar-refractivity contribution in [3.8, 4) is 72.4 Å². The molecule has 11 aromatic carbocycles. The second kappa shape index (κ2) is 17.8. The maximum atomic E-state index is 2.47. The molecular weight excluding hydrogens is 821 g/mol. The van der Waals surface area contributed by atoms with Crippen molar-refractivity contribution in [3.63, 3.8) is 0 Å². The predicted octanol–water partition coefficient (Wildman–Crippen LogP) is 18.3. The number of hydrogen-bond acceptors (Lipinski definition) is 1. The molecule has 0 spiro atoms. The highest BCUT2D eigenvalue weighted by molar-refractivity contribution is 6.11. The van der Waals surface area contributed by atoms with E-state index in [2.05, 4.69) is 289 Å². The third kappa shape index (κ3) is 7.45. The maximum Gasteiger partial charge on any atom is 0.0561 e. The van der Waals surface area contributed by atoms with Crippen molar-refractivity contribution in [1.29, 1.82) is 0 Å². The zero-order valence-corrected chi connectivity index (χ0v) is 37.5. The van der Waals surface area contributed by atoms with Crippen LogP contribution in [0.1, 0.15) is 0 Å². The van der Waals surface area contributed by atoms with Gasteiger partial charge in [-0.3, -0.25) is 0 Å². The number of para-hydroxylation sites is 2. The zero-order valence-electron chi connectivity index (χ0n) is 37.5. The van der Waals surface area contributed by atoms with Crippen LogP contribution in [0.3, 0.4) is 0 Å². The van der Waals surface area contributed by atoms with Crippen molar-refractivity contribution < 1.29 is 0 Å². The topological polar surface area (TPSA) is 8.17 Å². The maximum absolute atomic E-state index is 2.47. The minimum Gasteiger partial charge on any atom is -0.310 e. The van der Waals surface area contributed by atoms with Gasteiger partial charge >= 0.3 is 0 Å². The molecule has 68 heavy (non-hydrogen) atoms. The average molecular weight is 867 g/mol. The second-order valence-corrected chi connectivity index (χ2v) is 17.2. The minimum atomic E-state index is 1.06. The molecule has 0 aliphatic rings. The molecule has 1 heterocycles. The Bertz CT molecular complexity index is 3690. The van der Waals surface area contributed by atoms with Gasteiger partial charge in [-0.1, -0.05) is 224 Å². The Kier molecular flexibility index (Phi) is 10.6. The van der Waals surface area contributed by atoms with Crippen LogP contribution in [0.4, 0.5) is 17.1 Å². The van der Waals surface area contributed by atoms with Crippen molar-refractivity contribution in [3.05, 3.63) is 279 Å². The summed E-state index contributed by atoms with van der Waals surface area (Å²) in [6.45, 7) is 0. The SMILES string of the molecule is c1ccc(-c2cc(-c3ccccc3)c(N(c3ccc(-c4ccccc4-c4ccccc4-c4ccccc4)cc3)c3ccc4c5ccccc5n(-c5ccccc5)c4c3)cc2-c2ccccc2)cc1. The monoisotopic (exact) mass is 866 g/mol. The number of nitrogens with zero attached hydrogens (tertiary/aromatic N) is 2. The predicted molar refractivity (Wildman–Crippen MR) is 288 cm³/mol. The first-order valence-electron chi connectivity index (χ1n) is 23.3. The third-order valence-electron chi connectivity index (χ3n) is 13.2. The molecule has 1 aromatic heterocycles. The van der Waals surface area contributed by atoms with E-state index in [0.29, 0.717) is 0 Å². The molecular formula is C66H46N2. The van der Waals surface area contributed by atoms with Crippen LogP contribution in [-0.2, 0) is 0 Å². The summed E-state index contributed by atoms with van der Waals surface area (Å²) in [6, 6.07) is 101. The van der Waals surface area contributed by atoms with Gasteiger partial charge in [0, 0.05) is 33.4 Å². The van der Waals surface area contributed by atoms with Gasteiger partial charge in [-0.2, -0.15) is 0 Å². The summed E-state index contributed by atoms with van der Waals surface area (Å²) in [7, 11) is 0. The molecule has 0 fully saturated rings. The lowest BCUT2D eigenvalue weighted by molar-refractivity contribution is 1.18. The summed E-state index contributed by atoms with van der Waals surface area (Å²) in [5, 5.41) is 2.44. The lowest BCUT2D eigenvalue weighted by Crippen LogP contribution is -2.12. The average Bonchev–Trinajstić information content (AvgIpc) is 3.76. The van der Waals surface area contributed by atoms with Crippen LogP contribution in [0.25, 0.3) is 94.3 Å². The molecule has 0 unspecified atom stereocenters. The van der Waals surface area contributed by atoms with Crippen molar-refractivity contribution >= 4 is 38.9 Å². The van der Waals surface area contributed by atoms with Crippen LogP contribution in [0, 0.1) is 0 Å². The first kappa shape index (κ1) is 40.5. The molecule has 0 N–H and O–H groups in total. The molecule has 0 saturated heterocycles. The number of anilines is 3. The number of rotatable bonds is 10. The summed E-state index contributed by atoms with van der Waals surface area (Å²) >= 11 is 0. The number of aromatic nitrogens is 1. The van der Waals surface area contributed by atoms with Gasteiger partial charge < -0.3 is 9.47 Å². The fourth-order valence-corrected chi connectivity index (χ4v) is 10.1. The van der Waals surface area contributed by atoms with Crippen LogP contribution in [0.5, 0.6) is 0 Å². The molecule has 12 rings (SSSR count). The van der Waals surface area contributed by atoms with Crippen LogP contribution < -0.4 is 4.90 Å². The summed E-state index contributed by atoms with van der Waals surface area (Å²) in [5.41, 5.74) is 20.8. The van der Waals surface area contributed by atoms with E-state index in [-0.39, 0.29) is 0 Å². The largest absolute Gasteiger partial charge is 0.310 e. The summed E-state index contributed by atoms with van der Waals surface area (Å²) in [5.74, 6) is 0. The summed E-state index contributed by atoms with van der Waals surface area (Å²) < 4.78 is 2.41. The highest BCUT2D eigenvalue weighted by atomic mass is 15.1. The summed E-state index contributed by atoms with van der Waals surface area (Å²) in [4.78, 5) is 2.47. The van der Waals surface area contributed by atoms with Gasteiger partial charge in [-0.25, -0.2) is 0 Å². The normalized spacial score (nSPS) is 11.2. The van der Waals surface area contributed by atoms with E-state index in [9.17, 15) is 0 Å². The Labute approximate surface area is 397 Å². The fraction of sp³-hybridized carbons (Fsp3) is 0. The van der Waals surface area contributed by atoms with E-state index in [1.54, 1.807) is 0 Å². The Morgan fingerprint density at radius 1 is 0.235 bits per heavy atom. The summed E-state index contributed by atoms with van der Waals surface area (Å²) in [6.07, 6.45) is 0. The molecule has 2 nitrogen and oxygen atoms in total. The minimum absolute atomic E-state index is 1.06.